The van der Waals surface area contributed by atoms with Crippen molar-refractivity contribution in [1.82, 2.24) is 0 Å². The smallest absolute Gasteiger partial charge is 0.0585 e. The van der Waals surface area contributed by atoms with E-state index < -0.39 is 0 Å². The van der Waals surface area contributed by atoms with Crippen LogP contribution in [0.5, 0.6) is 0 Å². The first-order chi connectivity index (χ1) is 8.65. The van der Waals surface area contributed by atoms with Crippen LogP contribution in [0.3, 0.4) is 0 Å². The fourth-order valence-corrected chi connectivity index (χ4v) is 3.83. The monoisotopic (exact) mass is 264 g/mol. The summed E-state index contributed by atoms with van der Waals surface area (Å²) in [5.41, 5.74) is 1.27. The Kier molecular flexibility index (Phi) is 5.12. The molecular formula is C17H25Cl. The minimum Gasteiger partial charge on any atom is -0.118 e. The van der Waals surface area contributed by atoms with Crippen LogP contribution < -0.4 is 0 Å². The van der Waals surface area contributed by atoms with Gasteiger partial charge in [0.05, 0.1) is 5.38 Å². The molecule has 0 spiro atoms. The van der Waals surface area contributed by atoms with E-state index in [0.29, 0.717) is 0 Å². The number of alkyl halides is 1. The zero-order valence-electron chi connectivity index (χ0n) is 11.6. The zero-order chi connectivity index (χ0) is 13.0. The molecule has 0 saturated heterocycles. The molecule has 100 valence electrons. The predicted octanol–water partition coefficient (Wildman–Crippen LogP) is 5.82. The van der Waals surface area contributed by atoms with Crippen molar-refractivity contribution < 1.29 is 0 Å². The maximum Gasteiger partial charge on any atom is 0.0585 e. The molecule has 0 aliphatic heterocycles. The Labute approximate surface area is 117 Å². The minimum atomic E-state index is 0.193. The van der Waals surface area contributed by atoms with E-state index >= 15 is 0 Å². The summed E-state index contributed by atoms with van der Waals surface area (Å²) >= 11 is 6.50. The molecule has 0 nitrogen and oxygen atoms in total. The lowest BCUT2D eigenvalue weighted by Crippen LogP contribution is -2.19. The van der Waals surface area contributed by atoms with Gasteiger partial charge in [-0.2, -0.15) is 0 Å². The summed E-state index contributed by atoms with van der Waals surface area (Å²) in [6, 6.07) is 10.5. The second-order valence-electron chi connectivity index (χ2n) is 6.24. The lowest BCUT2D eigenvalue weighted by molar-refractivity contribution is 0.207. The van der Waals surface area contributed by atoms with Gasteiger partial charge in [0.15, 0.2) is 0 Å². The number of benzene rings is 1. The first kappa shape index (κ1) is 13.9. The minimum absolute atomic E-state index is 0.193. The molecule has 1 aromatic rings. The van der Waals surface area contributed by atoms with Crippen LogP contribution in [0.2, 0.25) is 0 Å². The number of hydrogen-bond acceptors (Lipinski definition) is 0. The second kappa shape index (κ2) is 6.61. The van der Waals surface area contributed by atoms with E-state index in [0.717, 1.165) is 24.2 Å². The van der Waals surface area contributed by atoms with Gasteiger partial charge in [0.2, 0.25) is 0 Å². The van der Waals surface area contributed by atoms with Crippen LogP contribution in [0.25, 0.3) is 0 Å². The molecule has 1 aliphatic rings. The Balaban J connectivity index is 1.81. The maximum atomic E-state index is 6.50. The third-order valence-electron chi connectivity index (χ3n) is 4.27. The number of halogens is 1. The molecule has 2 rings (SSSR count). The predicted molar refractivity (Wildman–Crippen MR) is 79.9 cm³/mol. The van der Waals surface area contributed by atoms with E-state index in [1.54, 1.807) is 0 Å². The molecule has 0 amide bonds. The van der Waals surface area contributed by atoms with Crippen LogP contribution in [0.15, 0.2) is 30.3 Å². The van der Waals surface area contributed by atoms with Crippen molar-refractivity contribution in [2.45, 2.75) is 51.3 Å². The topological polar surface area (TPSA) is 0 Å². The molecule has 1 fully saturated rings. The van der Waals surface area contributed by atoms with Crippen molar-refractivity contribution in [1.29, 1.82) is 0 Å². The Morgan fingerprint density at radius 2 is 1.67 bits per heavy atom. The van der Waals surface area contributed by atoms with E-state index in [1.807, 2.05) is 0 Å². The van der Waals surface area contributed by atoms with E-state index in [9.17, 15) is 0 Å². The van der Waals surface area contributed by atoms with Crippen molar-refractivity contribution >= 4 is 11.6 Å². The summed E-state index contributed by atoms with van der Waals surface area (Å²) in [6.45, 7) is 4.80. The standard InChI is InChI=1S/C17H25Cl/c1-13-10-14(2)12-15(11-13)8-9-17(18)16-6-4-3-5-7-16/h3-7,13-15,17H,8-12H2,1-2H3. The molecule has 1 aliphatic carbocycles. The first-order valence-corrected chi connectivity index (χ1v) is 7.77. The van der Waals surface area contributed by atoms with Crippen molar-refractivity contribution in [3.63, 3.8) is 0 Å². The molecule has 0 bridgehead atoms. The van der Waals surface area contributed by atoms with Crippen LogP contribution in [0.4, 0.5) is 0 Å². The van der Waals surface area contributed by atoms with E-state index in [-0.39, 0.29) is 5.38 Å². The van der Waals surface area contributed by atoms with Crippen molar-refractivity contribution in [2.24, 2.45) is 17.8 Å². The van der Waals surface area contributed by atoms with Gasteiger partial charge in [-0.05, 0) is 55.4 Å². The quantitative estimate of drug-likeness (QED) is 0.601. The molecule has 1 aromatic carbocycles. The molecule has 0 heterocycles. The summed E-state index contributed by atoms with van der Waals surface area (Å²) in [5.74, 6) is 2.71. The molecule has 1 saturated carbocycles. The SMILES string of the molecule is CC1CC(C)CC(CCC(Cl)c2ccccc2)C1. The molecule has 3 atom stereocenters. The van der Waals surface area contributed by atoms with Crippen molar-refractivity contribution in [3.05, 3.63) is 35.9 Å². The van der Waals surface area contributed by atoms with Gasteiger partial charge in [-0.1, -0.05) is 44.2 Å². The van der Waals surface area contributed by atoms with Crippen LogP contribution in [-0.2, 0) is 0 Å². The van der Waals surface area contributed by atoms with E-state index in [4.69, 9.17) is 11.6 Å². The fraction of sp³-hybridized carbons (Fsp3) is 0.647. The van der Waals surface area contributed by atoms with Gasteiger partial charge in [0, 0.05) is 0 Å². The fourth-order valence-electron chi connectivity index (χ4n) is 3.56. The molecule has 1 heteroatoms. The van der Waals surface area contributed by atoms with Crippen LogP contribution >= 0.6 is 11.6 Å². The van der Waals surface area contributed by atoms with Gasteiger partial charge in [-0.15, -0.1) is 11.6 Å². The summed E-state index contributed by atoms with van der Waals surface area (Å²) in [7, 11) is 0. The van der Waals surface area contributed by atoms with Gasteiger partial charge >= 0.3 is 0 Å². The van der Waals surface area contributed by atoms with Crippen LogP contribution in [0.1, 0.15) is 56.9 Å². The van der Waals surface area contributed by atoms with Gasteiger partial charge in [-0.25, -0.2) is 0 Å². The van der Waals surface area contributed by atoms with Crippen LogP contribution in [-0.4, -0.2) is 0 Å². The van der Waals surface area contributed by atoms with Gasteiger partial charge in [0.25, 0.3) is 0 Å². The maximum absolute atomic E-state index is 6.50. The second-order valence-corrected chi connectivity index (χ2v) is 6.77. The zero-order valence-corrected chi connectivity index (χ0v) is 12.4. The third kappa shape index (κ3) is 4.02. The molecule has 3 unspecified atom stereocenters. The molecule has 18 heavy (non-hydrogen) atoms. The summed E-state index contributed by atoms with van der Waals surface area (Å²) in [5, 5.41) is 0.193. The average Bonchev–Trinajstić information content (AvgIpc) is 2.36. The highest BCUT2D eigenvalue weighted by Gasteiger charge is 2.24. The Morgan fingerprint density at radius 3 is 2.28 bits per heavy atom. The summed E-state index contributed by atoms with van der Waals surface area (Å²) < 4.78 is 0. The van der Waals surface area contributed by atoms with Crippen molar-refractivity contribution in [2.75, 3.05) is 0 Å². The molecular weight excluding hydrogens is 240 g/mol. The largest absolute Gasteiger partial charge is 0.118 e. The van der Waals surface area contributed by atoms with Gasteiger partial charge in [-0.3, -0.25) is 0 Å². The lowest BCUT2D eigenvalue weighted by atomic mass is 9.75. The Hall–Kier alpha value is -0.490. The number of rotatable bonds is 4. The lowest BCUT2D eigenvalue weighted by Gasteiger charge is -2.31. The van der Waals surface area contributed by atoms with E-state index in [1.165, 1.54) is 31.2 Å². The Bertz CT molecular complexity index is 336. The summed E-state index contributed by atoms with van der Waals surface area (Å²) in [6.07, 6.45) is 6.64. The highest BCUT2D eigenvalue weighted by Crippen LogP contribution is 2.37. The van der Waals surface area contributed by atoms with Gasteiger partial charge < -0.3 is 0 Å². The van der Waals surface area contributed by atoms with Gasteiger partial charge in [0.1, 0.15) is 0 Å². The molecule has 0 aromatic heterocycles. The highest BCUT2D eigenvalue weighted by atomic mass is 35.5. The third-order valence-corrected chi connectivity index (χ3v) is 4.74. The highest BCUT2D eigenvalue weighted by molar-refractivity contribution is 6.20. The first-order valence-electron chi connectivity index (χ1n) is 7.34. The number of hydrogen-bond donors (Lipinski definition) is 0. The molecule has 0 N–H and O–H groups in total. The summed E-state index contributed by atoms with van der Waals surface area (Å²) in [4.78, 5) is 0. The Morgan fingerprint density at radius 1 is 1.06 bits per heavy atom. The van der Waals surface area contributed by atoms with Crippen molar-refractivity contribution in [3.8, 4) is 0 Å². The van der Waals surface area contributed by atoms with Crippen LogP contribution in [0, 0.1) is 17.8 Å². The average molecular weight is 265 g/mol. The van der Waals surface area contributed by atoms with E-state index in [2.05, 4.69) is 44.2 Å². The molecule has 0 radical (unpaired) electrons. The normalized spacial score (nSPS) is 30.1.